The minimum Gasteiger partial charge on any atom is -0.348 e. The summed E-state index contributed by atoms with van der Waals surface area (Å²) in [4.78, 5) is 12.6. The highest BCUT2D eigenvalue weighted by Crippen LogP contribution is 2.25. The van der Waals surface area contributed by atoms with Crippen molar-refractivity contribution in [3.63, 3.8) is 0 Å². The minimum absolute atomic E-state index is 0.139. The lowest BCUT2D eigenvalue weighted by atomic mass is 10.0. The SMILES string of the molecule is O=C(NCc1ccccc1-c1ccsc1)c1cccc(-n2cnnn2)c1. The maximum Gasteiger partial charge on any atom is 0.251 e. The van der Waals surface area contributed by atoms with E-state index in [0.717, 1.165) is 16.8 Å². The van der Waals surface area contributed by atoms with Crippen LogP contribution in [0.1, 0.15) is 15.9 Å². The molecule has 26 heavy (non-hydrogen) atoms. The molecule has 0 bridgehead atoms. The van der Waals surface area contributed by atoms with Crippen LogP contribution in [-0.2, 0) is 6.54 Å². The van der Waals surface area contributed by atoms with Gasteiger partial charge in [0, 0.05) is 12.1 Å². The molecule has 0 saturated heterocycles. The van der Waals surface area contributed by atoms with Gasteiger partial charge < -0.3 is 5.32 Å². The summed E-state index contributed by atoms with van der Waals surface area (Å²) in [5.74, 6) is -0.139. The molecule has 0 aliphatic carbocycles. The van der Waals surface area contributed by atoms with Gasteiger partial charge in [0.15, 0.2) is 0 Å². The Kier molecular flexibility index (Phi) is 4.53. The molecule has 4 rings (SSSR count). The van der Waals surface area contributed by atoms with Crippen LogP contribution in [0.4, 0.5) is 0 Å². The number of amides is 1. The highest BCUT2D eigenvalue weighted by molar-refractivity contribution is 7.08. The molecular weight excluding hydrogens is 346 g/mol. The molecule has 4 aromatic rings. The van der Waals surface area contributed by atoms with Gasteiger partial charge in [0.05, 0.1) is 5.69 Å². The van der Waals surface area contributed by atoms with Gasteiger partial charge in [-0.1, -0.05) is 30.3 Å². The fourth-order valence-electron chi connectivity index (χ4n) is 2.72. The van der Waals surface area contributed by atoms with Gasteiger partial charge in [-0.2, -0.15) is 11.3 Å². The third-order valence-corrected chi connectivity index (χ3v) is 4.69. The standard InChI is InChI=1S/C19H15N5OS/c25-19(14-5-3-6-17(10-14)24-13-21-22-23-24)20-11-15-4-1-2-7-18(15)16-8-9-26-12-16/h1-10,12-13H,11H2,(H,20,25). The molecule has 2 aromatic heterocycles. The Morgan fingerprint density at radius 1 is 1.12 bits per heavy atom. The lowest BCUT2D eigenvalue weighted by Gasteiger charge is -2.10. The zero-order valence-electron chi connectivity index (χ0n) is 13.7. The van der Waals surface area contributed by atoms with E-state index in [1.165, 1.54) is 16.6 Å². The minimum atomic E-state index is -0.139. The van der Waals surface area contributed by atoms with Gasteiger partial charge in [-0.25, -0.2) is 4.68 Å². The van der Waals surface area contributed by atoms with E-state index in [1.807, 2.05) is 30.3 Å². The van der Waals surface area contributed by atoms with E-state index in [9.17, 15) is 4.79 Å². The Hall–Kier alpha value is -3.32. The molecule has 128 valence electrons. The first-order valence-electron chi connectivity index (χ1n) is 8.03. The third-order valence-electron chi connectivity index (χ3n) is 4.01. The van der Waals surface area contributed by atoms with Crippen molar-refractivity contribution in [3.8, 4) is 16.8 Å². The fraction of sp³-hybridized carbons (Fsp3) is 0.0526. The van der Waals surface area contributed by atoms with Crippen LogP contribution in [-0.4, -0.2) is 26.1 Å². The number of tetrazole rings is 1. The summed E-state index contributed by atoms with van der Waals surface area (Å²) < 4.78 is 1.52. The topological polar surface area (TPSA) is 72.7 Å². The summed E-state index contributed by atoms with van der Waals surface area (Å²) in [5.41, 5.74) is 4.68. The third kappa shape index (κ3) is 3.38. The molecular formula is C19H15N5OS. The first-order valence-corrected chi connectivity index (χ1v) is 8.97. The van der Waals surface area contributed by atoms with E-state index < -0.39 is 0 Å². The number of nitrogens with one attached hydrogen (secondary N) is 1. The van der Waals surface area contributed by atoms with Crippen LogP contribution in [0.25, 0.3) is 16.8 Å². The summed E-state index contributed by atoms with van der Waals surface area (Å²) in [5, 5.41) is 18.2. The molecule has 2 aromatic carbocycles. The fourth-order valence-corrected chi connectivity index (χ4v) is 3.38. The van der Waals surface area contributed by atoms with E-state index in [0.29, 0.717) is 12.1 Å². The molecule has 0 unspecified atom stereocenters. The first-order chi connectivity index (χ1) is 12.8. The number of aromatic nitrogens is 4. The predicted octanol–water partition coefficient (Wildman–Crippen LogP) is 3.32. The van der Waals surface area contributed by atoms with E-state index >= 15 is 0 Å². The normalized spacial score (nSPS) is 10.6. The molecule has 0 atom stereocenters. The Balaban J connectivity index is 1.51. The summed E-state index contributed by atoms with van der Waals surface area (Å²) in [7, 11) is 0. The number of carbonyl (C=O) groups excluding carboxylic acids is 1. The summed E-state index contributed by atoms with van der Waals surface area (Å²) >= 11 is 1.66. The molecule has 7 heteroatoms. The Morgan fingerprint density at radius 2 is 2.04 bits per heavy atom. The zero-order chi connectivity index (χ0) is 17.8. The van der Waals surface area contributed by atoms with Crippen LogP contribution >= 0.6 is 11.3 Å². The average molecular weight is 361 g/mol. The van der Waals surface area contributed by atoms with Crippen LogP contribution in [0, 0.1) is 0 Å². The van der Waals surface area contributed by atoms with Crippen LogP contribution < -0.4 is 5.32 Å². The molecule has 0 aliphatic heterocycles. The van der Waals surface area contributed by atoms with E-state index in [2.05, 4.69) is 43.7 Å². The molecule has 2 heterocycles. The van der Waals surface area contributed by atoms with Gasteiger partial charge in [-0.05, 0) is 62.1 Å². The summed E-state index contributed by atoms with van der Waals surface area (Å²) in [6.45, 7) is 0.458. The first kappa shape index (κ1) is 16.2. The van der Waals surface area contributed by atoms with Crippen molar-refractivity contribution < 1.29 is 4.79 Å². The van der Waals surface area contributed by atoms with E-state index in [4.69, 9.17) is 0 Å². The maximum absolute atomic E-state index is 12.6. The number of nitrogens with zero attached hydrogens (tertiary/aromatic N) is 4. The number of hydrogen-bond donors (Lipinski definition) is 1. The Bertz CT molecular complexity index is 1010. The largest absolute Gasteiger partial charge is 0.348 e. The van der Waals surface area contributed by atoms with Crippen molar-refractivity contribution in [1.29, 1.82) is 0 Å². The van der Waals surface area contributed by atoms with Gasteiger partial charge in [-0.3, -0.25) is 4.79 Å². The van der Waals surface area contributed by atoms with Gasteiger partial charge in [0.25, 0.3) is 5.91 Å². The van der Waals surface area contributed by atoms with Crippen LogP contribution in [0.5, 0.6) is 0 Å². The van der Waals surface area contributed by atoms with Crippen molar-refractivity contribution in [2.75, 3.05) is 0 Å². The second kappa shape index (κ2) is 7.28. The monoisotopic (exact) mass is 361 g/mol. The molecule has 0 aliphatic rings. The number of thiophene rings is 1. The van der Waals surface area contributed by atoms with Gasteiger partial charge in [0.2, 0.25) is 0 Å². The second-order valence-corrected chi connectivity index (χ2v) is 6.44. The van der Waals surface area contributed by atoms with E-state index in [1.54, 1.807) is 23.5 Å². The molecule has 1 amide bonds. The summed E-state index contributed by atoms with van der Waals surface area (Å²) in [6.07, 6.45) is 1.49. The summed E-state index contributed by atoms with van der Waals surface area (Å²) in [6, 6.07) is 17.4. The number of hydrogen-bond acceptors (Lipinski definition) is 5. The molecule has 1 N–H and O–H groups in total. The molecule has 0 fully saturated rings. The number of carbonyl (C=O) groups is 1. The molecule has 0 spiro atoms. The molecule has 6 nitrogen and oxygen atoms in total. The average Bonchev–Trinajstić information content (AvgIpc) is 3.40. The van der Waals surface area contributed by atoms with Gasteiger partial charge >= 0.3 is 0 Å². The molecule has 0 saturated carbocycles. The van der Waals surface area contributed by atoms with E-state index in [-0.39, 0.29) is 5.91 Å². The zero-order valence-corrected chi connectivity index (χ0v) is 14.6. The van der Waals surface area contributed by atoms with Crippen LogP contribution in [0.15, 0.2) is 71.7 Å². The van der Waals surface area contributed by atoms with Crippen molar-refractivity contribution in [3.05, 3.63) is 82.8 Å². The lowest BCUT2D eigenvalue weighted by molar-refractivity contribution is 0.0951. The smallest absolute Gasteiger partial charge is 0.251 e. The second-order valence-electron chi connectivity index (χ2n) is 5.66. The van der Waals surface area contributed by atoms with Gasteiger partial charge in [-0.15, -0.1) is 5.10 Å². The molecule has 0 radical (unpaired) electrons. The van der Waals surface area contributed by atoms with Gasteiger partial charge in [0.1, 0.15) is 6.33 Å². The number of rotatable bonds is 5. The highest BCUT2D eigenvalue weighted by atomic mass is 32.1. The van der Waals surface area contributed by atoms with Crippen molar-refractivity contribution in [2.45, 2.75) is 6.54 Å². The highest BCUT2D eigenvalue weighted by Gasteiger charge is 2.10. The van der Waals surface area contributed by atoms with Crippen molar-refractivity contribution in [1.82, 2.24) is 25.5 Å². The quantitative estimate of drug-likeness (QED) is 0.592. The van der Waals surface area contributed by atoms with Crippen LogP contribution in [0.2, 0.25) is 0 Å². The predicted molar refractivity (Wildman–Crippen MR) is 100 cm³/mol. The van der Waals surface area contributed by atoms with Crippen molar-refractivity contribution in [2.24, 2.45) is 0 Å². The Labute approximate surface area is 154 Å². The number of benzene rings is 2. The Morgan fingerprint density at radius 3 is 2.85 bits per heavy atom. The van der Waals surface area contributed by atoms with Crippen molar-refractivity contribution >= 4 is 17.2 Å². The van der Waals surface area contributed by atoms with Crippen LogP contribution in [0.3, 0.4) is 0 Å². The maximum atomic E-state index is 12.6. The lowest BCUT2D eigenvalue weighted by Crippen LogP contribution is -2.23.